The molecule has 0 saturated carbocycles. The topological polar surface area (TPSA) is 50.4 Å². The van der Waals surface area contributed by atoms with Crippen molar-refractivity contribution < 1.29 is 9.47 Å². The standard InChI is InChI=1S/C25H28ClN3O2/c1-17-11-20-23-21(26)9-10-22(24(23)28-25(20)27-12-17)31-16-19(13-29(2)3)15-30-14-18-7-5-4-6-8-18/h4-12,19H,13-16H2,1-3H3,(H,27,28). The number of nitrogens with zero attached hydrogens (tertiary/aromatic N) is 2. The van der Waals surface area contributed by atoms with Gasteiger partial charge >= 0.3 is 0 Å². The van der Waals surface area contributed by atoms with Gasteiger partial charge in [-0.15, -0.1) is 0 Å². The van der Waals surface area contributed by atoms with Crippen molar-refractivity contribution >= 4 is 33.5 Å². The van der Waals surface area contributed by atoms with Crippen molar-refractivity contribution in [2.45, 2.75) is 13.5 Å². The van der Waals surface area contributed by atoms with Gasteiger partial charge in [-0.2, -0.15) is 0 Å². The summed E-state index contributed by atoms with van der Waals surface area (Å²) >= 11 is 6.53. The average molecular weight is 438 g/mol. The number of nitrogens with one attached hydrogen (secondary N) is 1. The van der Waals surface area contributed by atoms with Crippen LogP contribution >= 0.6 is 11.6 Å². The number of pyridine rings is 1. The molecule has 2 heterocycles. The van der Waals surface area contributed by atoms with Gasteiger partial charge in [0.25, 0.3) is 0 Å². The van der Waals surface area contributed by atoms with Crippen molar-refractivity contribution in [3.63, 3.8) is 0 Å². The summed E-state index contributed by atoms with van der Waals surface area (Å²) in [7, 11) is 4.13. The summed E-state index contributed by atoms with van der Waals surface area (Å²) < 4.78 is 12.3. The lowest BCUT2D eigenvalue weighted by Gasteiger charge is -2.22. The number of hydrogen-bond acceptors (Lipinski definition) is 4. The molecular formula is C25H28ClN3O2. The number of benzene rings is 2. The molecule has 5 nitrogen and oxygen atoms in total. The molecule has 4 rings (SSSR count). The van der Waals surface area contributed by atoms with E-state index in [9.17, 15) is 0 Å². The normalized spacial score (nSPS) is 12.7. The molecule has 0 fully saturated rings. The first-order valence-corrected chi connectivity index (χ1v) is 10.8. The van der Waals surface area contributed by atoms with E-state index in [2.05, 4.69) is 47.2 Å². The number of H-pyrrole nitrogens is 1. The average Bonchev–Trinajstić information content (AvgIpc) is 3.13. The van der Waals surface area contributed by atoms with Crippen LogP contribution in [0.2, 0.25) is 5.02 Å². The minimum absolute atomic E-state index is 0.231. The monoisotopic (exact) mass is 437 g/mol. The van der Waals surface area contributed by atoms with E-state index in [0.717, 1.165) is 39.8 Å². The quantitative estimate of drug-likeness (QED) is 0.378. The van der Waals surface area contributed by atoms with Crippen LogP contribution in [0, 0.1) is 12.8 Å². The van der Waals surface area contributed by atoms with E-state index in [-0.39, 0.29) is 5.92 Å². The maximum absolute atomic E-state index is 6.53. The third kappa shape index (κ3) is 5.18. The minimum Gasteiger partial charge on any atom is -0.491 e. The Morgan fingerprint density at radius 3 is 2.68 bits per heavy atom. The summed E-state index contributed by atoms with van der Waals surface area (Å²) in [4.78, 5) is 10.0. The summed E-state index contributed by atoms with van der Waals surface area (Å²) in [5.74, 6) is 1.01. The minimum atomic E-state index is 0.231. The number of hydrogen-bond donors (Lipinski definition) is 1. The van der Waals surface area contributed by atoms with Crippen molar-refractivity contribution in [1.29, 1.82) is 0 Å². The number of aromatic nitrogens is 2. The fourth-order valence-electron chi connectivity index (χ4n) is 3.84. The van der Waals surface area contributed by atoms with Crippen molar-refractivity contribution in [2.75, 3.05) is 33.9 Å². The second kappa shape index (κ2) is 9.69. The van der Waals surface area contributed by atoms with Crippen LogP contribution in [0.1, 0.15) is 11.1 Å². The van der Waals surface area contributed by atoms with Crippen LogP contribution in [0.25, 0.3) is 21.9 Å². The molecule has 1 N–H and O–H groups in total. The van der Waals surface area contributed by atoms with Gasteiger partial charge in [0, 0.05) is 29.4 Å². The molecule has 6 heteroatoms. The zero-order valence-corrected chi connectivity index (χ0v) is 18.9. The van der Waals surface area contributed by atoms with Gasteiger partial charge in [-0.1, -0.05) is 41.9 Å². The number of aromatic amines is 1. The Balaban J connectivity index is 1.49. The van der Waals surface area contributed by atoms with E-state index in [1.165, 1.54) is 5.56 Å². The van der Waals surface area contributed by atoms with Crippen LogP contribution in [-0.4, -0.2) is 48.7 Å². The van der Waals surface area contributed by atoms with E-state index in [1.807, 2.05) is 43.5 Å². The van der Waals surface area contributed by atoms with E-state index in [4.69, 9.17) is 21.1 Å². The van der Waals surface area contributed by atoms with E-state index >= 15 is 0 Å². The number of halogens is 1. The number of fused-ring (bicyclic) bond motifs is 3. The number of aryl methyl sites for hydroxylation is 1. The molecular weight excluding hydrogens is 410 g/mol. The van der Waals surface area contributed by atoms with Gasteiger partial charge in [0.2, 0.25) is 0 Å². The molecule has 2 aromatic carbocycles. The van der Waals surface area contributed by atoms with E-state index < -0.39 is 0 Å². The van der Waals surface area contributed by atoms with Gasteiger partial charge in [-0.3, -0.25) is 0 Å². The first-order chi connectivity index (χ1) is 15.0. The van der Waals surface area contributed by atoms with Crippen molar-refractivity contribution in [1.82, 2.24) is 14.9 Å². The van der Waals surface area contributed by atoms with Gasteiger partial charge in [0.1, 0.15) is 11.4 Å². The van der Waals surface area contributed by atoms with Crippen molar-refractivity contribution in [2.24, 2.45) is 5.92 Å². The molecule has 162 valence electrons. The lowest BCUT2D eigenvalue weighted by atomic mass is 10.1. The molecule has 0 aliphatic carbocycles. The van der Waals surface area contributed by atoms with Crippen LogP contribution < -0.4 is 4.74 Å². The Morgan fingerprint density at radius 2 is 1.90 bits per heavy atom. The molecule has 0 radical (unpaired) electrons. The molecule has 0 aliphatic heterocycles. The van der Waals surface area contributed by atoms with Crippen LogP contribution in [0.5, 0.6) is 5.75 Å². The predicted molar refractivity (Wildman–Crippen MR) is 127 cm³/mol. The lowest BCUT2D eigenvalue weighted by Crippen LogP contribution is -2.29. The molecule has 1 unspecified atom stereocenters. The Labute approximate surface area is 187 Å². The van der Waals surface area contributed by atoms with Gasteiger partial charge in [-0.05, 0) is 50.3 Å². The summed E-state index contributed by atoms with van der Waals surface area (Å²) in [6.07, 6.45) is 1.85. The Bertz CT molecular complexity index is 1160. The predicted octanol–water partition coefficient (Wildman–Crippen LogP) is 5.45. The second-order valence-corrected chi connectivity index (χ2v) is 8.68. The third-order valence-corrected chi connectivity index (χ3v) is 5.53. The largest absolute Gasteiger partial charge is 0.491 e. The Morgan fingerprint density at radius 1 is 1.10 bits per heavy atom. The fraction of sp³-hybridized carbons (Fsp3) is 0.320. The van der Waals surface area contributed by atoms with Crippen LogP contribution in [0.3, 0.4) is 0 Å². The molecule has 4 aromatic rings. The summed E-state index contributed by atoms with van der Waals surface area (Å²) in [6, 6.07) is 16.1. The van der Waals surface area contributed by atoms with Gasteiger partial charge in [-0.25, -0.2) is 4.98 Å². The lowest BCUT2D eigenvalue weighted by molar-refractivity contribution is 0.0576. The first-order valence-electron chi connectivity index (χ1n) is 10.5. The second-order valence-electron chi connectivity index (χ2n) is 8.27. The molecule has 0 bridgehead atoms. The molecule has 2 aromatic heterocycles. The van der Waals surface area contributed by atoms with Crippen molar-refractivity contribution in [3.05, 3.63) is 70.9 Å². The SMILES string of the molecule is Cc1cnc2[nH]c3c(OCC(COCc4ccccc4)CN(C)C)ccc(Cl)c3c2c1. The molecule has 0 saturated heterocycles. The highest BCUT2D eigenvalue weighted by Gasteiger charge is 2.16. The van der Waals surface area contributed by atoms with E-state index in [1.54, 1.807) is 0 Å². The maximum atomic E-state index is 6.53. The fourth-order valence-corrected chi connectivity index (χ4v) is 4.10. The van der Waals surface area contributed by atoms with Crippen LogP contribution in [0.4, 0.5) is 0 Å². The third-order valence-electron chi connectivity index (χ3n) is 5.22. The molecule has 0 spiro atoms. The zero-order chi connectivity index (χ0) is 21.8. The first kappa shape index (κ1) is 21.6. The summed E-state index contributed by atoms with van der Waals surface area (Å²) in [5, 5.41) is 2.66. The zero-order valence-electron chi connectivity index (χ0n) is 18.2. The van der Waals surface area contributed by atoms with Crippen molar-refractivity contribution in [3.8, 4) is 5.75 Å². The maximum Gasteiger partial charge on any atom is 0.143 e. The van der Waals surface area contributed by atoms with Crippen LogP contribution in [-0.2, 0) is 11.3 Å². The number of ether oxygens (including phenoxy) is 2. The van der Waals surface area contributed by atoms with E-state index in [0.29, 0.717) is 24.8 Å². The van der Waals surface area contributed by atoms with Gasteiger partial charge < -0.3 is 19.4 Å². The highest BCUT2D eigenvalue weighted by Crippen LogP contribution is 2.36. The van der Waals surface area contributed by atoms with Gasteiger partial charge in [0.15, 0.2) is 0 Å². The molecule has 31 heavy (non-hydrogen) atoms. The molecule has 0 aliphatic rings. The van der Waals surface area contributed by atoms with Crippen LogP contribution in [0.15, 0.2) is 54.7 Å². The number of rotatable bonds is 9. The molecule has 1 atom stereocenters. The Hall–Kier alpha value is -2.60. The summed E-state index contributed by atoms with van der Waals surface area (Å²) in [5.41, 5.74) is 3.97. The Kier molecular flexibility index (Phi) is 6.76. The molecule has 0 amide bonds. The highest BCUT2D eigenvalue weighted by atomic mass is 35.5. The highest BCUT2D eigenvalue weighted by molar-refractivity contribution is 6.38. The summed E-state index contributed by atoms with van der Waals surface area (Å²) in [6.45, 7) is 4.67. The smallest absolute Gasteiger partial charge is 0.143 e. The van der Waals surface area contributed by atoms with Gasteiger partial charge in [0.05, 0.1) is 30.4 Å².